The van der Waals surface area contributed by atoms with Crippen molar-refractivity contribution in [2.75, 3.05) is 5.73 Å². The van der Waals surface area contributed by atoms with Crippen LogP contribution in [0.15, 0.2) is 5.38 Å². The first kappa shape index (κ1) is 11.7. The van der Waals surface area contributed by atoms with Gasteiger partial charge in [0.25, 0.3) is 5.91 Å². The molecule has 1 aromatic heterocycles. The fraction of sp³-hybridized carbons (Fsp3) is 0.714. The van der Waals surface area contributed by atoms with Gasteiger partial charge in [0.15, 0.2) is 5.13 Å². The normalized spacial score (nSPS) is 39.5. The molecule has 4 rings (SSSR count). The number of nitrogens with one attached hydrogen (secondary N) is 1. The van der Waals surface area contributed by atoms with E-state index in [4.69, 9.17) is 5.73 Å². The number of carbonyl (C=O) groups excluding carboxylic acids is 1. The third kappa shape index (κ3) is 1.78. The molecule has 0 radical (unpaired) electrons. The maximum Gasteiger partial charge on any atom is 0.271 e. The number of hydrogen-bond acceptors (Lipinski definition) is 4. The Morgan fingerprint density at radius 3 is 2.95 bits per heavy atom. The van der Waals surface area contributed by atoms with Crippen molar-refractivity contribution in [1.82, 2.24) is 10.3 Å². The number of fused-ring (bicyclic) bond motifs is 5. The van der Waals surface area contributed by atoms with Crippen LogP contribution in [0.3, 0.4) is 0 Å². The van der Waals surface area contributed by atoms with Gasteiger partial charge in [-0.3, -0.25) is 4.79 Å². The lowest BCUT2D eigenvalue weighted by Gasteiger charge is -2.31. The monoisotopic (exact) mass is 277 g/mol. The van der Waals surface area contributed by atoms with E-state index in [0.29, 0.717) is 16.9 Å². The number of nitrogens with zero attached hydrogens (tertiary/aromatic N) is 1. The minimum absolute atomic E-state index is 0.0416. The van der Waals surface area contributed by atoms with Gasteiger partial charge in [-0.05, 0) is 49.4 Å². The van der Waals surface area contributed by atoms with Gasteiger partial charge in [-0.1, -0.05) is 6.42 Å². The molecule has 3 fully saturated rings. The molecule has 0 saturated heterocycles. The molecule has 4 nitrogen and oxygen atoms in total. The van der Waals surface area contributed by atoms with Crippen LogP contribution in [-0.2, 0) is 0 Å². The van der Waals surface area contributed by atoms with E-state index in [1.54, 1.807) is 5.38 Å². The van der Waals surface area contributed by atoms with Crippen LogP contribution in [0.4, 0.5) is 5.13 Å². The third-order valence-corrected chi connectivity index (χ3v) is 6.17. The maximum absolute atomic E-state index is 12.2. The zero-order valence-corrected chi connectivity index (χ0v) is 11.7. The lowest BCUT2D eigenvalue weighted by Crippen LogP contribution is -2.42. The SMILES string of the molecule is Nc1nc(C(=O)NC2CC3CC2C2CCCC32)cs1. The van der Waals surface area contributed by atoms with E-state index in [9.17, 15) is 4.79 Å². The first-order chi connectivity index (χ1) is 9.22. The summed E-state index contributed by atoms with van der Waals surface area (Å²) in [4.78, 5) is 16.2. The van der Waals surface area contributed by atoms with Gasteiger partial charge in [0, 0.05) is 11.4 Å². The van der Waals surface area contributed by atoms with E-state index < -0.39 is 0 Å². The van der Waals surface area contributed by atoms with Crippen LogP contribution in [0, 0.1) is 23.7 Å². The van der Waals surface area contributed by atoms with Crippen molar-refractivity contribution in [3.05, 3.63) is 11.1 Å². The molecule has 3 N–H and O–H groups in total. The number of nitrogens with two attached hydrogens (primary N) is 1. The summed E-state index contributed by atoms with van der Waals surface area (Å²) in [5.74, 6) is 3.39. The summed E-state index contributed by atoms with van der Waals surface area (Å²) >= 11 is 1.33. The molecule has 3 aliphatic carbocycles. The Hall–Kier alpha value is -1.10. The lowest BCUT2D eigenvalue weighted by atomic mass is 9.79. The molecule has 2 bridgehead atoms. The molecule has 0 aromatic carbocycles. The molecule has 5 unspecified atom stereocenters. The molecule has 1 amide bonds. The Bertz CT molecular complexity index is 515. The number of rotatable bonds is 2. The van der Waals surface area contributed by atoms with Gasteiger partial charge in [0.2, 0.25) is 0 Å². The van der Waals surface area contributed by atoms with E-state index >= 15 is 0 Å². The van der Waals surface area contributed by atoms with E-state index in [0.717, 1.165) is 23.7 Å². The van der Waals surface area contributed by atoms with Gasteiger partial charge in [-0.2, -0.15) is 0 Å². The predicted octanol–water partition coefficient (Wildman–Crippen LogP) is 2.28. The van der Waals surface area contributed by atoms with Crippen LogP contribution < -0.4 is 11.1 Å². The second kappa shape index (κ2) is 4.20. The minimum atomic E-state index is -0.0416. The topological polar surface area (TPSA) is 68.0 Å². The maximum atomic E-state index is 12.2. The van der Waals surface area contributed by atoms with Crippen LogP contribution in [0.1, 0.15) is 42.6 Å². The molecular weight excluding hydrogens is 258 g/mol. The van der Waals surface area contributed by atoms with E-state index in [2.05, 4.69) is 10.3 Å². The number of aromatic nitrogens is 1. The third-order valence-electron chi connectivity index (χ3n) is 5.50. The number of nitrogen functional groups attached to an aromatic ring is 1. The number of hydrogen-bond donors (Lipinski definition) is 2. The van der Waals surface area contributed by atoms with Crippen molar-refractivity contribution in [3.63, 3.8) is 0 Å². The minimum Gasteiger partial charge on any atom is -0.375 e. The number of carbonyl (C=O) groups is 1. The second-order valence-electron chi connectivity index (χ2n) is 6.30. The predicted molar refractivity (Wildman–Crippen MR) is 74.8 cm³/mol. The molecule has 5 heteroatoms. The average Bonchev–Trinajstić information content (AvgIpc) is 3.08. The molecule has 102 valence electrons. The van der Waals surface area contributed by atoms with Gasteiger partial charge >= 0.3 is 0 Å². The van der Waals surface area contributed by atoms with Crippen LogP contribution in [0.5, 0.6) is 0 Å². The van der Waals surface area contributed by atoms with Crippen molar-refractivity contribution in [1.29, 1.82) is 0 Å². The van der Waals surface area contributed by atoms with Gasteiger partial charge in [0.05, 0.1) is 0 Å². The summed E-state index contributed by atoms with van der Waals surface area (Å²) in [7, 11) is 0. The fourth-order valence-corrected chi connectivity index (χ4v) is 5.41. The highest BCUT2D eigenvalue weighted by molar-refractivity contribution is 7.13. The molecule has 3 aliphatic rings. The summed E-state index contributed by atoms with van der Waals surface area (Å²) in [5.41, 5.74) is 6.06. The zero-order valence-electron chi connectivity index (χ0n) is 10.8. The standard InChI is InChI=1S/C14H19N3OS/c15-14-17-12(6-19-14)13(18)16-11-5-7-4-10(11)9-3-1-2-8(7)9/h6-11H,1-5H2,(H2,15,17)(H,16,18). The summed E-state index contributed by atoms with van der Waals surface area (Å²) in [6, 6.07) is 0.375. The molecule has 19 heavy (non-hydrogen) atoms. The van der Waals surface area contributed by atoms with E-state index in [1.807, 2.05) is 0 Å². The van der Waals surface area contributed by atoms with Crippen molar-refractivity contribution >= 4 is 22.4 Å². The van der Waals surface area contributed by atoms with Crippen LogP contribution >= 0.6 is 11.3 Å². The molecule has 0 spiro atoms. The van der Waals surface area contributed by atoms with Gasteiger partial charge in [0.1, 0.15) is 5.69 Å². The smallest absolute Gasteiger partial charge is 0.271 e. The second-order valence-corrected chi connectivity index (χ2v) is 7.19. The first-order valence-electron chi connectivity index (χ1n) is 7.24. The summed E-state index contributed by atoms with van der Waals surface area (Å²) in [5, 5.41) is 5.42. The highest BCUT2D eigenvalue weighted by Gasteiger charge is 2.54. The van der Waals surface area contributed by atoms with E-state index in [-0.39, 0.29) is 5.91 Å². The van der Waals surface area contributed by atoms with E-state index in [1.165, 1.54) is 43.4 Å². The van der Waals surface area contributed by atoms with Gasteiger partial charge < -0.3 is 11.1 Å². The number of thiazole rings is 1. The Morgan fingerprint density at radius 2 is 2.16 bits per heavy atom. The molecule has 3 saturated carbocycles. The Morgan fingerprint density at radius 1 is 1.32 bits per heavy atom. The highest BCUT2D eigenvalue weighted by Crippen LogP contribution is 2.58. The molecule has 0 aliphatic heterocycles. The largest absolute Gasteiger partial charge is 0.375 e. The number of amides is 1. The van der Waals surface area contributed by atoms with Crippen molar-refractivity contribution < 1.29 is 4.79 Å². The van der Waals surface area contributed by atoms with Crippen LogP contribution in [0.25, 0.3) is 0 Å². The summed E-state index contributed by atoms with van der Waals surface area (Å²) in [6.45, 7) is 0. The number of anilines is 1. The zero-order chi connectivity index (χ0) is 13.0. The van der Waals surface area contributed by atoms with Gasteiger partial charge in [-0.25, -0.2) is 4.98 Å². The summed E-state index contributed by atoms with van der Waals surface area (Å²) in [6.07, 6.45) is 6.71. The summed E-state index contributed by atoms with van der Waals surface area (Å²) < 4.78 is 0. The Kier molecular flexibility index (Phi) is 2.59. The highest BCUT2D eigenvalue weighted by atomic mass is 32.1. The fourth-order valence-electron chi connectivity index (χ4n) is 4.87. The first-order valence-corrected chi connectivity index (χ1v) is 8.12. The van der Waals surface area contributed by atoms with Crippen molar-refractivity contribution in [2.24, 2.45) is 23.7 Å². The Labute approximate surface area is 116 Å². The van der Waals surface area contributed by atoms with Crippen LogP contribution in [-0.4, -0.2) is 16.9 Å². The van der Waals surface area contributed by atoms with Crippen molar-refractivity contribution in [2.45, 2.75) is 38.1 Å². The average molecular weight is 277 g/mol. The molecule has 5 atom stereocenters. The lowest BCUT2D eigenvalue weighted by molar-refractivity contribution is 0.0897. The quantitative estimate of drug-likeness (QED) is 0.871. The molecule has 1 aromatic rings. The van der Waals surface area contributed by atoms with Crippen LogP contribution in [0.2, 0.25) is 0 Å². The molecule has 1 heterocycles. The molecular formula is C14H19N3OS. The van der Waals surface area contributed by atoms with Gasteiger partial charge in [-0.15, -0.1) is 11.3 Å². The Balaban J connectivity index is 1.46. The van der Waals surface area contributed by atoms with Crippen molar-refractivity contribution in [3.8, 4) is 0 Å².